The first kappa shape index (κ1) is 18.1. The minimum absolute atomic E-state index is 0.180. The number of fused-ring (bicyclic) bond motifs is 1. The highest BCUT2D eigenvalue weighted by Gasteiger charge is 2.16. The summed E-state index contributed by atoms with van der Waals surface area (Å²) in [5.41, 5.74) is 1.65. The fraction of sp³-hybridized carbons (Fsp3) is 0.211. The summed E-state index contributed by atoms with van der Waals surface area (Å²) in [4.78, 5) is 12.4. The summed E-state index contributed by atoms with van der Waals surface area (Å²) in [7, 11) is 3.12. The first-order valence-electron chi connectivity index (χ1n) is 8.40. The van der Waals surface area contributed by atoms with Gasteiger partial charge in [-0.15, -0.1) is 10.2 Å². The molecule has 28 heavy (non-hydrogen) atoms. The van der Waals surface area contributed by atoms with Crippen LogP contribution in [0.25, 0.3) is 10.6 Å². The molecule has 1 aliphatic rings. The molecule has 4 rings (SSSR count). The Hall–Kier alpha value is -3.33. The summed E-state index contributed by atoms with van der Waals surface area (Å²) >= 11 is 1.29. The predicted octanol–water partition coefficient (Wildman–Crippen LogP) is 3.13. The lowest BCUT2D eigenvalue weighted by atomic mass is 10.1. The van der Waals surface area contributed by atoms with Crippen molar-refractivity contribution in [2.24, 2.45) is 0 Å². The van der Waals surface area contributed by atoms with Crippen molar-refractivity contribution in [1.29, 1.82) is 0 Å². The highest BCUT2D eigenvalue weighted by molar-refractivity contribution is 7.18. The van der Waals surface area contributed by atoms with Crippen LogP contribution in [0.4, 0.5) is 5.13 Å². The third-order valence-electron chi connectivity index (χ3n) is 4.10. The maximum Gasteiger partial charge on any atom is 0.231 e. The van der Waals surface area contributed by atoms with Crippen molar-refractivity contribution in [3.63, 3.8) is 0 Å². The fourth-order valence-electron chi connectivity index (χ4n) is 2.76. The second-order valence-corrected chi connectivity index (χ2v) is 6.87. The molecular weight excluding hydrogens is 382 g/mol. The maximum absolute atomic E-state index is 12.4. The standard InChI is InChI=1S/C19H17N3O5S/c1-24-13-5-3-11(7-15(13)25-2)8-17(23)20-19-22-21-18(28-19)12-4-6-14-16(9-12)27-10-26-14/h3-7,9H,8,10H2,1-2H3,(H,20,22,23). The Kier molecular flexibility index (Phi) is 4.98. The molecule has 0 unspecified atom stereocenters. The minimum atomic E-state index is -0.194. The number of benzene rings is 2. The number of hydrogen-bond donors (Lipinski definition) is 1. The molecule has 1 aromatic heterocycles. The lowest BCUT2D eigenvalue weighted by Gasteiger charge is -2.09. The quantitative estimate of drug-likeness (QED) is 0.681. The molecule has 3 aromatic rings. The van der Waals surface area contributed by atoms with Crippen LogP contribution in [-0.4, -0.2) is 37.1 Å². The molecule has 0 atom stereocenters. The molecule has 0 bridgehead atoms. The molecule has 2 aromatic carbocycles. The van der Waals surface area contributed by atoms with Gasteiger partial charge in [-0.2, -0.15) is 0 Å². The van der Waals surface area contributed by atoms with Gasteiger partial charge >= 0.3 is 0 Å². The molecule has 0 saturated heterocycles. The topological polar surface area (TPSA) is 91.8 Å². The number of rotatable bonds is 6. The van der Waals surface area contributed by atoms with E-state index in [1.165, 1.54) is 11.3 Å². The van der Waals surface area contributed by atoms with Gasteiger partial charge in [-0.3, -0.25) is 4.79 Å². The van der Waals surface area contributed by atoms with Crippen LogP contribution in [0, 0.1) is 0 Å². The zero-order valence-corrected chi connectivity index (χ0v) is 16.0. The number of ether oxygens (including phenoxy) is 4. The van der Waals surface area contributed by atoms with Gasteiger partial charge in [0.15, 0.2) is 23.0 Å². The summed E-state index contributed by atoms with van der Waals surface area (Å²) in [6.45, 7) is 0.215. The van der Waals surface area contributed by atoms with Crippen molar-refractivity contribution in [2.75, 3.05) is 26.3 Å². The molecule has 1 N–H and O–H groups in total. The van der Waals surface area contributed by atoms with Gasteiger partial charge in [-0.1, -0.05) is 17.4 Å². The van der Waals surface area contributed by atoms with Crippen LogP contribution in [0.1, 0.15) is 5.56 Å². The lowest BCUT2D eigenvalue weighted by molar-refractivity contribution is -0.115. The SMILES string of the molecule is COc1ccc(CC(=O)Nc2nnc(-c3ccc4c(c3)OCO4)s2)cc1OC. The van der Waals surface area contributed by atoms with Crippen LogP contribution >= 0.6 is 11.3 Å². The number of hydrogen-bond acceptors (Lipinski definition) is 8. The number of nitrogens with zero attached hydrogens (tertiary/aromatic N) is 2. The Bertz CT molecular complexity index is 1020. The van der Waals surface area contributed by atoms with E-state index in [1.807, 2.05) is 24.3 Å². The van der Waals surface area contributed by atoms with Gasteiger partial charge in [-0.05, 0) is 35.9 Å². The Morgan fingerprint density at radius 2 is 1.89 bits per heavy atom. The first-order valence-corrected chi connectivity index (χ1v) is 9.22. The molecule has 1 amide bonds. The average Bonchev–Trinajstić information content (AvgIpc) is 3.36. The molecule has 8 nitrogen and oxygen atoms in total. The number of aromatic nitrogens is 2. The number of nitrogens with one attached hydrogen (secondary N) is 1. The minimum Gasteiger partial charge on any atom is -0.493 e. The molecule has 2 heterocycles. The van der Waals surface area contributed by atoms with Crippen molar-refractivity contribution < 1.29 is 23.7 Å². The van der Waals surface area contributed by atoms with Crippen molar-refractivity contribution >= 4 is 22.4 Å². The third kappa shape index (κ3) is 3.70. The van der Waals surface area contributed by atoms with Crippen LogP contribution < -0.4 is 24.3 Å². The van der Waals surface area contributed by atoms with Gasteiger partial charge in [0, 0.05) is 5.56 Å². The Morgan fingerprint density at radius 3 is 2.71 bits per heavy atom. The Morgan fingerprint density at radius 1 is 1.07 bits per heavy atom. The molecule has 0 saturated carbocycles. The van der Waals surface area contributed by atoms with Gasteiger partial charge in [0.05, 0.1) is 20.6 Å². The van der Waals surface area contributed by atoms with E-state index in [0.29, 0.717) is 33.1 Å². The lowest BCUT2D eigenvalue weighted by Crippen LogP contribution is -2.14. The largest absolute Gasteiger partial charge is 0.493 e. The van der Waals surface area contributed by atoms with Gasteiger partial charge in [0.25, 0.3) is 0 Å². The van der Waals surface area contributed by atoms with Gasteiger partial charge < -0.3 is 24.3 Å². The smallest absolute Gasteiger partial charge is 0.231 e. The van der Waals surface area contributed by atoms with E-state index in [-0.39, 0.29) is 19.1 Å². The van der Waals surface area contributed by atoms with Crippen LogP contribution in [0.2, 0.25) is 0 Å². The van der Waals surface area contributed by atoms with E-state index in [4.69, 9.17) is 18.9 Å². The summed E-state index contributed by atoms with van der Waals surface area (Å²) in [6.07, 6.45) is 0.180. The molecular formula is C19H17N3O5S. The van der Waals surface area contributed by atoms with Crippen LogP contribution in [0.5, 0.6) is 23.0 Å². The van der Waals surface area contributed by atoms with Crippen LogP contribution in [-0.2, 0) is 11.2 Å². The maximum atomic E-state index is 12.4. The summed E-state index contributed by atoms with van der Waals surface area (Å²) < 4.78 is 21.2. The summed E-state index contributed by atoms with van der Waals surface area (Å²) in [5.74, 6) is 2.38. The zero-order chi connectivity index (χ0) is 19.5. The normalized spacial score (nSPS) is 11.9. The summed E-state index contributed by atoms with van der Waals surface area (Å²) in [6, 6.07) is 10.9. The van der Waals surface area contributed by atoms with Crippen LogP contribution in [0.3, 0.4) is 0 Å². The number of carbonyl (C=O) groups is 1. The van der Waals surface area contributed by atoms with Crippen molar-refractivity contribution in [2.45, 2.75) is 6.42 Å². The van der Waals surface area contributed by atoms with Crippen molar-refractivity contribution in [3.8, 4) is 33.6 Å². The van der Waals surface area contributed by atoms with Gasteiger partial charge in [0.1, 0.15) is 5.01 Å². The van der Waals surface area contributed by atoms with Crippen LogP contribution in [0.15, 0.2) is 36.4 Å². The van der Waals surface area contributed by atoms with Gasteiger partial charge in [0.2, 0.25) is 17.8 Å². The number of carbonyl (C=O) groups excluding carboxylic acids is 1. The molecule has 0 aliphatic carbocycles. The van der Waals surface area contributed by atoms with Gasteiger partial charge in [-0.25, -0.2) is 0 Å². The molecule has 144 valence electrons. The van der Waals surface area contributed by atoms with E-state index in [1.54, 1.807) is 26.4 Å². The molecule has 0 fully saturated rings. The van der Waals surface area contributed by atoms with E-state index in [0.717, 1.165) is 11.1 Å². The van der Waals surface area contributed by atoms with E-state index in [2.05, 4.69) is 15.5 Å². The predicted molar refractivity (Wildman–Crippen MR) is 103 cm³/mol. The second-order valence-electron chi connectivity index (χ2n) is 5.89. The number of methoxy groups -OCH3 is 2. The second kappa shape index (κ2) is 7.73. The molecule has 0 spiro atoms. The number of anilines is 1. The average molecular weight is 399 g/mol. The zero-order valence-electron chi connectivity index (χ0n) is 15.2. The highest BCUT2D eigenvalue weighted by Crippen LogP contribution is 2.37. The number of amides is 1. The van der Waals surface area contributed by atoms with Crippen molar-refractivity contribution in [3.05, 3.63) is 42.0 Å². The van der Waals surface area contributed by atoms with E-state index in [9.17, 15) is 4.79 Å². The van der Waals surface area contributed by atoms with E-state index < -0.39 is 0 Å². The van der Waals surface area contributed by atoms with Crippen molar-refractivity contribution in [1.82, 2.24) is 10.2 Å². The summed E-state index contributed by atoms with van der Waals surface area (Å²) in [5, 5.41) is 12.1. The molecule has 9 heteroatoms. The Labute approximate surface area is 165 Å². The van der Waals surface area contributed by atoms with E-state index >= 15 is 0 Å². The Balaban J connectivity index is 1.43. The highest BCUT2D eigenvalue weighted by atomic mass is 32.1. The monoisotopic (exact) mass is 399 g/mol. The first-order chi connectivity index (χ1) is 13.7. The molecule has 1 aliphatic heterocycles. The fourth-order valence-corrected chi connectivity index (χ4v) is 3.52. The third-order valence-corrected chi connectivity index (χ3v) is 4.99. The molecule has 0 radical (unpaired) electrons.